The first-order chi connectivity index (χ1) is 65.5. The monoisotopic (exact) mass is 1800 g/mol. The molecule has 3 saturated heterocycles. The Hall–Kier alpha value is -15.9. The average molecular weight is 1800 g/mol. The third kappa shape index (κ3) is 23.7. The van der Waals surface area contributed by atoms with Crippen LogP contribution in [0.4, 0.5) is 11.4 Å². The van der Waals surface area contributed by atoms with Crippen LogP contribution in [0.3, 0.4) is 0 Å². The fourth-order valence-corrected chi connectivity index (χ4v) is 18.9. The van der Waals surface area contributed by atoms with E-state index in [0.717, 1.165) is 145 Å². The molecule has 4 aromatic heterocycles. The Bertz CT molecular complexity index is 6640. The number of phenols is 5. The second kappa shape index (κ2) is 43.0. The molecule has 684 valence electrons. The Kier molecular flexibility index (Phi) is 29.5. The van der Waals surface area contributed by atoms with E-state index < -0.39 is 0 Å². The minimum Gasteiger partial charge on any atom is -0.508 e. The number of carbonyl (C=O) groups excluding carboxylic acids is 7. The maximum atomic E-state index is 12.5. The molecule has 135 heavy (non-hydrogen) atoms. The minimum atomic E-state index is -0.322. The summed E-state index contributed by atoms with van der Waals surface area (Å²) in [7, 11) is 0. The van der Waals surface area contributed by atoms with E-state index in [4.69, 9.17) is 0 Å². The second-order valence-corrected chi connectivity index (χ2v) is 35.4. The van der Waals surface area contributed by atoms with Gasteiger partial charge in [0.25, 0.3) is 0 Å². The lowest BCUT2D eigenvalue weighted by Gasteiger charge is -2.44. The number of para-hydroxylation sites is 1. The van der Waals surface area contributed by atoms with Crippen molar-refractivity contribution in [3.05, 3.63) is 403 Å². The number of benzene rings is 10. The zero-order valence-electron chi connectivity index (χ0n) is 75.1. The van der Waals surface area contributed by atoms with Gasteiger partial charge in [-0.25, -0.2) is 19.9 Å². The SMILES string of the molecule is C=C1CC(=O)C(CC2CN(c3ccccc3)CCN2c2cccc(O)c2)C1.C=C1CC(c2c(-c3ccccc3)ncn2Cc2cccc(O)c2)C(=O)N1.C=C1CC(c2c(Cc3ccccc3)ncn2Cc2cccc(O)c2)C(=O)N1.O=C1CC(=O)C(Cc2c(-c3ccccc3)ncn2Cc2cccc(O)c2)C1.O=C1CC(=O)C(Cc2c(Cc3ccccc3)ncn2Cc2cccc(O)c2)C1. The number of anilines is 2. The minimum absolute atomic E-state index is 0.0177. The van der Waals surface area contributed by atoms with Gasteiger partial charge in [0, 0.05) is 172 Å². The van der Waals surface area contributed by atoms with Gasteiger partial charge < -0.3 is 64.2 Å². The smallest absolute Gasteiger partial charge is 0.233 e. The summed E-state index contributed by atoms with van der Waals surface area (Å²) in [5.41, 5.74) is 20.0. The van der Waals surface area contributed by atoms with Crippen LogP contribution >= 0.6 is 0 Å². The predicted molar refractivity (Wildman–Crippen MR) is 519 cm³/mol. The molecular weight excluding hydrogens is 1690 g/mol. The highest BCUT2D eigenvalue weighted by molar-refractivity contribution is 6.08. The van der Waals surface area contributed by atoms with Crippen molar-refractivity contribution in [1.29, 1.82) is 0 Å². The summed E-state index contributed by atoms with van der Waals surface area (Å²) in [5.74, 6) is 0.410. The van der Waals surface area contributed by atoms with Gasteiger partial charge in [-0.15, -0.1) is 0 Å². The Balaban J connectivity index is 0.000000123. The van der Waals surface area contributed by atoms with Gasteiger partial charge >= 0.3 is 0 Å². The summed E-state index contributed by atoms with van der Waals surface area (Å²) in [6.45, 7) is 16.7. The quantitative estimate of drug-likeness (QED) is 0.0218. The summed E-state index contributed by atoms with van der Waals surface area (Å²) in [4.78, 5) is 108. The van der Waals surface area contributed by atoms with E-state index >= 15 is 0 Å². The molecule has 20 rings (SSSR count). The number of hydrogen-bond donors (Lipinski definition) is 7. The lowest BCUT2D eigenvalue weighted by atomic mass is 9.94. The molecule has 7 N–H and O–H groups in total. The van der Waals surface area contributed by atoms with Crippen LogP contribution in [-0.2, 0) is 85.4 Å². The molecule has 14 aromatic rings. The van der Waals surface area contributed by atoms with Crippen molar-refractivity contribution in [1.82, 2.24) is 48.8 Å². The van der Waals surface area contributed by atoms with Crippen LogP contribution in [0.25, 0.3) is 22.5 Å². The average Bonchev–Trinajstić information content (AvgIpc) is 1.67. The molecule has 0 bridgehead atoms. The first kappa shape index (κ1) is 92.4. The molecule has 24 heteroatoms. The highest BCUT2D eigenvalue weighted by atomic mass is 16.3. The van der Waals surface area contributed by atoms with Crippen molar-refractivity contribution in [2.75, 3.05) is 29.4 Å². The summed E-state index contributed by atoms with van der Waals surface area (Å²) in [5, 5.41) is 54.5. The number of nitrogens with zero attached hydrogens (tertiary/aromatic N) is 10. The van der Waals surface area contributed by atoms with Crippen molar-refractivity contribution in [2.45, 2.75) is 128 Å². The van der Waals surface area contributed by atoms with Crippen molar-refractivity contribution in [3.8, 4) is 51.3 Å². The number of nitrogens with one attached hydrogen (secondary N) is 2. The van der Waals surface area contributed by atoms with E-state index in [0.29, 0.717) is 89.7 Å². The Labute approximate surface area is 784 Å². The molecule has 7 heterocycles. The molecule has 10 aromatic carbocycles. The number of piperazine rings is 1. The number of Topliss-reactive ketones (excluding diaryl/α,β-unsaturated/α-hetero) is 5. The number of carbonyl (C=O) groups is 7. The van der Waals surface area contributed by atoms with Crippen molar-refractivity contribution >= 4 is 52.1 Å². The van der Waals surface area contributed by atoms with Crippen LogP contribution in [0.15, 0.2) is 335 Å². The normalized spacial score (nSPS) is 18.0. The van der Waals surface area contributed by atoms with E-state index in [1.165, 1.54) is 5.69 Å². The fourth-order valence-electron chi connectivity index (χ4n) is 18.9. The molecule has 6 atom stereocenters. The molecule has 0 spiro atoms. The molecule has 24 nitrogen and oxygen atoms in total. The third-order valence-electron chi connectivity index (χ3n) is 25.4. The van der Waals surface area contributed by atoms with Crippen molar-refractivity contribution in [2.24, 2.45) is 17.8 Å². The lowest BCUT2D eigenvalue weighted by Crippen LogP contribution is -2.54. The Morgan fingerprint density at radius 1 is 0.348 bits per heavy atom. The van der Waals surface area contributed by atoms with Gasteiger partial charge in [-0.2, -0.15) is 0 Å². The van der Waals surface area contributed by atoms with Crippen LogP contribution in [0.1, 0.15) is 137 Å². The molecule has 3 saturated carbocycles. The number of ketones is 5. The van der Waals surface area contributed by atoms with Gasteiger partial charge in [-0.1, -0.05) is 219 Å². The van der Waals surface area contributed by atoms with Crippen LogP contribution in [0.5, 0.6) is 28.7 Å². The topological polar surface area (TPSA) is 322 Å². The number of allylic oxidation sites excluding steroid dienone is 3. The predicted octanol–water partition coefficient (Wildman–Crippen LogP) is 17.5. The lowest BCUT2D eigenvalue weighted by molar-refractivity contribution is -0.124. The van der Waals surface area contributed by atoms with Crippen LogP contribution < -0.4 is 20.4 Å². The van der Waals surface area contributed by atoms with Gasteiger partial charge in [0.2, 0.25) is 11.8 Å². The molecule has 3 aliphatic heterocycles. The van der Waals surface area contributed by atoms with E-state index in [2.05, 4.69) is 109 Å². The number of rotatable bonds is 24. The van der Waals surface area contributed by atoms with E-state index in [9.17, 15) is 59.1 Å². The fraction of sp³-hybridized carbons (Fsp3) is 0.234. The maximum Gasteiger partial charge on any atom is 0.233 e. The largest absolute Gasteiger partial charge is 0.508 e. The third-order valence-corrected chi connectivity index (χ3v) is 25.4. The Morgan fingerprint density at radius 3 is 1.20 bits per heavy atom. The second-order valence-electron chi connectivity index (χ2n) is 35.4. The standard InChI is InChI=1S/C23H22N2O3.C23H26N2O2.C22H21N3O2.C22H20N2O3.C21H19N3O2/c26-19-8-4-7-17(9-19)14-25-15-24-21(10-16-5-2-1-3-6-16)22(25)12-18-11-20(27)13-23(18)28;1-17-12-18(23(27)13-17)14-21-16-24(19-6-3-2-4-7-19)10-11-25(21)20-8-5-9-22(26)15-20;1-15-10-19(22(27)24-15)21-20(12-16-6-3-2-4-7-16)23-14-25(21)13-17-8-5-9-18(26)11-17;25-18-8-4-5-15(9-18)13-24-14-23-22(16-6-2-1-3-7-16)20(24)11-17-10-19(26)12-21(17)27;1-14-10-18(21(26)23-14)20-19(16-7-3-2-4-8-16)22-13-24(20)12-15-6-5-9-17(25)11-15/h1-9,15,18,26H,10-14H2;2-9,15,18,21,26H,1,10-14,16H2;2-9,11,14,19,26H,1,10,12-13H2,(H,24,27);1-9,14,17,25H,10-13H2;2-9,11,13,18,25H,1,10,12H2,(H,23,26). The van der Waals surface area contributed by atoms with Gasteiger partial charge in [0.1, 0.15) is 57.7 Å². The summed E-state index contributed by atoms with van der Waals surface area (Å²) >= 11 is 0. The summed E-state index contributed by atoms with van der Waals surface area (Å²) in [6, 6.07) is 86.5. The molecule has 6 unspecified atom stereocenters. The number of aromatic hydroxyl groups is 5. The highest BCUT2D eigenvalue weighted by Gasteiger charge is 2.39. The molecule has 3 aliphatic carbocycles. The highest BCUT2D eigenvalue weighted by Crippen LogP contribution is 2.40. The van der Waals surface area contributed by atoms with Gasteiger partial charge in [0.05, 0.1) is 84.2 Å². The van der Waals surface area contributed by atoms with Crippen LogP contribution in [0.2, 0.25) is 0 Å². The molecular formula is C111H108N12O12. The molecule has 2 amide bonds. The number of aromatic nitrogens is 8. The maximum absolute atomic E-state index is 12.5. The summed E-state index contributed by atoms with van der Waals surface area (Å²) in [6.07, 6.45) is 13.5. The number of imidazole rings is 4. The van der Waals surface area contributed by atoms with Gasteiger partial charge in [-0.05, 0) is 125 Å². The first-order valence-electron chi connectivity index (χ1n) is 45.6. The van der Waals surface area contributed by atoms with Crippen LogP contribution in [0, 0.1) is 17.8 Å². The van der Waals surface area contributed by atoms with E-state index in [1.807, 2.05) is 182 Å². The van der Waals surface area contributed by atoms with Crippen LogP contribution in [-0.4, -0.2) is 130 Å². The molecule has 0 radical (unpaired) electrons. The number of amides is 2. The number of hydrogen-bond acceptors (Lipinski definition) is 18. The van der Waals surface area contributed by atoms with Crippen molar-refractivity contribution < 1.29 is 59.1 Å². The molecule has 6 aliphatic rings. The first-order valence-corrected chi connectivity index (χ1v) is 45.6. The van der Waals surface area contributed by atoms with E-state index in [-0.39, 0.29) is 112 Å². The van der Waals surface area contributed by atoms with Crippen molar-refractivity contribution in [3.63, 3.8) is 0 Å². The summed E-state index contributed by atoms with van der Waals surface area (Å²) < 4.78 is 8.03. The van der Waals surface area contributed by atoms with Gasteiger partial charge in [0.15, 0.2) is 0 Å². The zero-order chi connectivity index (χ0) is 94.0. The Morgan fingerprint density at radius 2 is 0.733 bits per heavy atom. The number of phenolic OH excluding ortho intramolecular Hbond substituents is 5. The zero-order valence-corrected chi connectivity index (χ0v) is 75.1. The van der Waals surface area contributed by atoms with E-state index in [1.54, 1.807) is 86.0 Å². The van der Waals surface area contributed by atoms with Gasteiger partial charge in [-0.3, -0.25) is 33.6 Å². The molecule has 6 fully saturated rings.